The van der Waals surface area contributed by atoms with E-state index in [0.717, 1.165) is 11.1 Å². The molecule has 0 saturated carbocycles. The van der Waals surface area contributed by atoms with Crippen LogP contribution >= 0.6 is 34.5 Å². The number of halogens is 2. The van der Waals surface area contributed by atoms with Crippen molar-refractivity contribution in [2.75, 3.05) is 0 Å². The topological polar surface area (TPSA) is 38.0 Å². The van der Waals surface area contributed by atoms with E-state index in [1.165, 1.54) is 22.5 Å². The van der Waals surface area contributed by atoms with Gasteiger partial charge in [0.05, 0.1) is 14.7 Å². The number of hydrogen-bond donors (Lipinski definition) is 2. The summed E-state index contributed by atoms with van der Waals surface area (Å²) in [6.07, 6.45) is 0. The van der Waals surface area contributed by atoms with Crippen LogP contribution in [0.15, 0.2) is 24.3 Å². The summed E-state index contributed by atoms with van der Waals surface area (Å²) >= 11 is 13.5. The molecule has 3 N–H and O–H groups in total. The second kappa shape index (κ2) is 5.59. The molecule has 0 spiro atoms. The summed E-state index contributed by atoms with van der Waals surface area (Å²) in [4.78, 5) is 0. The first-order chi connectivity index (χ1) is 8.52. The lowest BCUT2D eigenvalue weighted by Crippen LogP contribution is -2.29. The second-order valence-corrected chi connectivity index (χ2v) is 6.52. The molecule has 0 saturated heterocycles. The Morgan fingerprint density at radius 2 is 1.89 bits per heavy atom. The van der Waals surface area contributed by atoms with Gasteiger partial charge in [0.2, 0.25) is 0 Å². The number of hydrazine groups is 1. The smallest absolute Gasteiger partial charge is 0.0995 e. The summed E-state index contributed by atoms with van der Waals surface area (Å²) in [5.74, 6) is 5.67. The fraction of sp³-hybridized carbons (Fsp3) is 0.231. The Labute approximate surface area is 121 Å². The van der Waals surface area contributed by atoms with Crippen LogP contribution < -0.4 is 11.3 Å². The first kappa shape index (κ1) is 13.8. The molecule has 96 valence electrons. The number of hydrogen-bond acceptors (Lipinski definition) is 3. The third kappa shape index (κ3) is 2.71. The van der Waals surface area contributed by atoms with Gasteiger partial charge in [-0.2, -0.15) is 0 Å². The van der Waals surface area contributed by atoms with E-state index in [-0.39, 0.29) is 6.04 Å². The molecule has 18 heavy (non-hydrogen) atoms. The number of aryl methyl sites for hydroxylation is 2. The van der Waals surface area contributed by atoms with Crippen molar-refractivity contribution in [2.24, 2.45) is 5.84 Å². The summed E-state index contributed by atoms with van der Waals surface area (Å²) < 4.78 is 1.34. The molecule has 0 aliphatic carbocycles. The molecule has 2 aromatic rings. The van der Waals surface area contributed by atoms with Gasteiger partial charge in [0.15, 0.2) is 0 Å². The molecule has 0 aliphatic heterocycles. The summed E-state index contributed by atoms with van der Waals surface area (Å²) in [5.41, 5.74) is 7.24. The predicted molar refractivity (Wildman–Crippen MR) is 79.4 cm³/mol. The molecule has 1 aromatic heterocycles. The van der Waals surface area contributed by atoms with Crippen molar-refractivity contribution in [3.8, 4) is 0 Å². The van der Waals surface area contributed by atoms with E-state index in [0.29, 0.717) is 8.67 Å². The molecule has 2 rings (SSSR count). The quantitative estimate of drug-likeness (QED) is 0.658. The van der Waals surface area contributed by atoms with Gasteiger partial charge in [0.25, 0.3) is 0 Å². The van der Waals surface area contributed by atoms with Crippen LogP contribution in [-0.2, 0) is 0 Å². The van der Waals surface area contributed by atoms with Crippen molar-refractivity contribution < 1.29 is 0 Å². The molecule has 0 amide bonds. The van der Waals surface area contributed by atoms with Crippen molar-refractivity contribution in [1.82, 2.24) is 5.43 Å². The summed E-state index contributed by atoms with van der Waals surface area (Å²) in [6, 6.07) is 7.98. The molecular weight excluding hydrogens is 287 g/mol. The van der Waals surface area contributed by atoms with Crippen molar-refractivity contribution in [3.63, 3.8) is 0 Å². The van der Waals surface area contributed by atoms with Gasteiger partial charge in [0, 0.05) is 5.56 Å². The second-order valence-electron chi connectivity index (χ2n) is 4.24. The van der Waals surface area contributed by atoms with E-state index in [9.17, 15) is 0 Å². The number of benzene rings is 1. The van der Waals surface area contributed by atoms with E-state index in [1.807, 2.05) is 6.07 Å². The van der Waals surface area contributed by atoms with Gasteiger partial charge in [-0.3, -0.25) is 5.84 Å². The molecule has 0 bridgehead atoms. The first-order valence-corrected chi connectivity index (χ1v) is 7.08. The number of nitrogens with one attached hydrogen (secondary N) is 1. The minimum Gasteiger partial charge on any atom is -0.271 e. The fourth-order valence-corrected chi connectivity index (χ4v) is 3.58. The number of rotatable bonds is 3. The maximum absolute atomic E-state index is 6.19. The Hall–Kier alpha value is -0.580. The average Bonchev–Trinajstić information content (AvgIpc) is 2.62. The minimum absolute atomic E-state index is 0.137. The van der Waals surface area contributed by atoms with Crippen LogP contribution in [0, 0.1) is 13.8 Å². The normalized spacial score (nSPS) is 12.7. The molecule has 1 aromatic carbocycles. The maximum atomic E-state index is 6.19. The molecule has 2 nitrogen and oxygen atoms in total. The van der Waals surface area contributed by atoms with Crippen LogP contribution in [0.4, 0.5) is 0 Å². The van der Waals surface area contributed by atoms with Gasteiger partial charge in [-0.25, -0.2) is 5.43 Å². The zero-order valence-electron chi connectivity index (χ0n) is 10.1. The van der Waals surface area contributed by atoms with Crippen LogP contribution in [0.5, 0.6) is 0 Å². The molecular formula is C13H14Cl2N2S. The maximum Gasteiger partial charge on any atom is 0.0995 e. The highest BCUT2D eigenvalue weighted by molar-refractivity contribution is 7.20. The van der Waals surface area contributed by atoms with E-state index in [1.54, 1.807) is 0 Å². The molecule has 1 heterocycles. The third-order valence-corrected chi connectivity index (χ3v) is 4.42. The van der Waals surface area contributed by atoms with Crippen LogP contribution in [0.1, 0.15) is 28.3 Å². The lowest BCUT2D eigenvalue weighted by Gasteiger charge is -2.18. The lowest BCUT2D eigenvalue weighted by molar-refractivity contribution is 0.635. The molecule has 0 fully saturated rings. The van der Waals surface area contributed by atoms with E-state index in [2.05, 4.69) is 37.5 Å². The summed E-state index contributed by atoms with van der Waals surface area (Å²) in [7, 11) is 0. The number of thiophene rings is 1. The molecule has 0 aliphatic rings. The average molecular weight is 301 g/mol. The predicted octanol–water partition coefficient (Wildman–Crippen LogP) is 4.22. The van der Waals surface area contributed by atoms with E-state index in [4.69, 9.17) is 29.0 Å². The molecule has 1 unspecified atom stereocenters. The Morgan fingerprint density at radius 1 is 1.17 bits per heavy atom. The van der Waals surface area contributed by atoms with Gasteiger partial charge in [-0.05, 0) is 31.0 Å². The van der Waals surface area contributed by atoms with Crippen LogP contribution in [0.3, 0.4) is 0 Å². The highest BCUT2D eigenvalue weighted by Crippen LogP contribution is 2.37. The summed E-state index contributed by atoms with van der Waals surface area (Å²) in [5, 5.41) is 0. The largest absolute Gasteiger partial charge is 0.271 e. The zero-order chi connectivity index (χ0) is 13.3. The Balaban J connectivity index is 2.48. The molecule has 0 radical (unpaired) electrons. The standard InChI is InChI=1S/C13H14Cl2N2S/c1-7-3-4-9(8(2)5-7)12(17-16)10-6-11(14)18-13(10)15/h3-6,12,17H,16H2,1-2H3. The lowest BCUT2D eigenvalue weighted by atomic mass is 9.96. The van der Waals surface area contributed by atoms with Gasteiger partial charge in [0.1, 0.15) is 0 Å². The van der Waals surface area contributed by atoms with Gasteiger partial charge >= 0.3 is 0 Å². The molecule has 5 heteroatoms. The number of nitrogens with two attached hydrogens (primary N) is 1. The molecule has 1 atom stereocenters. The highest BCUT2D eigenvalue weighted by Gasteiger charge is 2.19. The van der Waals surface area contributed by atoms with Crippen molar-refractivity contribution in [2.45, 2.75) is 19.9 Å². The van der Waals surface area contributed by atoms with Crippen molar-refractivity contribution >= 4 is 34.5 Å². The van der Waals surface area contributed by atoms with Crippen LogP contribution in [0.25, 0.3) is 0 Å². The van der Waals surface area contributed by atoms with Crippen molar-refractivity contribution in [3.05, 3.63) is 55.2 Å². The van der Waals surface area contributed by atoms with Crippen LogP contribution in [0.2, 0.25) is 8.67 Å². The Morgan fingerprint density at radius 3 is 2.39 bits per heavy atom. The SMILES string of the molecule is Cc1ccc(C(NN)c2cc(Cl)sc2Cl)c(C)c1. The van der Waals surface area contributed by atoms with Crippen molar-refractivity contribution in [1.29, 1.82) is 0 Å². The zero-order valence-corrected chi connectivity index (χ0v) is 12.5. The fourth-order valence-electron chi connectivity index (χ4n) is 2.05. The minimum atomic E-state index is -0.137. The monoisotopic (exact) mass is 300 g/mol. The van der Waals surface area contributed by atoms with Gasteiger partial charge < -0.3 is 0 Å². The third-order valence-electron chi connectivity index (χ3n) is 2.90. The summed E-state index contributed by atoms with van der Waals surface area (Å²) in [6.45, 7) is 4.13. The Kier molecular flexibility index (Phi) is 4.30. The first-order valence-electron chi connectivity index (χ1n) is 5.51. The van der Waals surface area contributed by atoms with Crippen LogP contribution in [-0.4, -0.2) is 0 Å². The van der Waals surface area contributed by atoms with E-state index < -0.39 is 0 Å². The highest BCUT2D eigenvalue weighted by atomic mass is 35.5. The van der Waals surface area contributed by atoms with Gasteiger partial charge in [-0.15, -0.1) is 11.3 Å². The van der Waals surface area contributed by atoms with E-state index >= 15 is 0 Å². The Bertz CT molecular complexity index is 566. The van der Waals surface area contributed by atoms with Gasteiger partial charge in [-0.1, -0.05) is 47.0 Å².